The normalized spacial score (nSPS) is 23.3. The van der Waals surface area contributed by atoms with Crippen molar-refractivity contribution in [3.05, 3.63) is 109 Å². The van der Waals surface area contributed by atoms with Gasteiger partial charge in [-0.15, -0.1) is 11.3 Å². The first kappa shape index (κ1) is 63.4. The van der Waals surface area contributed by atoms with Gasteiger partial charge in [0.15, 0.2) is 11.6 Å². The molecule has 3 aromatic heterocycles. The average Bonchev–Trinajstić information content (AvgIpc) is 1.51. The van der Waals surface area contributed by atoms with Gasteiger partial charge in [-0.05, 0) is 149 Å². The Labute approximate surface area is 529 Å². The predicted octanol–water partition coefficient (Wildman–Crippen LogP) is 9.39. The van der Waals surface area contributed by atoms with E-state index in [4.69, 9.17) is 19.4 Å². The van der Waals surface area contributed by atoms with Crippen molar-refractivity contribution in [1.82, 2.24) is 45.4 Å². The zero-order chi connectivity index (χ0) is 62.3. The number of halogens is 4. The number of hydrogen-bond donors (Lipinski definition) is 5. The molecule has 6 aromatic rings. The van der Waals surface area contributed by atoms with Crippen LogP contribution >= 0.6 is 33.9 Å². The molecular weight excluding hydrogens is 1260 g/mol. The van der Waals surface area contributed by atoms with E-state index in [9.17, 15) is 37.5 Å². The number of nitrogens with zero attached hydrogens (tertiary/aromatic N) is 7. The van der Waals surface area contributed by atoms with E-state index < -0.39 is 52.1 Å². The number of carbonyl (C=O) groups is 4. The highest BCUT2D eigenvalue weighted by Crippen LogP contribution is 2.44. The molecule has 6 aliphatic rings. The molecule has 23 heteroatoms. The van der Waals surface area contributed by atoms with Crippen LogP contribution in [0.2, 0.25) is 0 Å². The van der Waals surface area contributed by atoms with Crippen LogP contribution in [-0.4, -0.2) is 155 Å². The molecule has 4 saturated heterocycles. The Bertz CT molecular complexity index is 3600. The molecule has 5 aliphatic heterocycles. The number of rotatable bonds is 11. The number of carbonyl (C=O) groups excluding carboxylic acids is 4. The number of piperazine rings is 1. The number of thiazole rings is 1. The maximum Gasteiger partial charge on any atom is 0.324 e. The third-order valence-corrected chi connectivity index (χ3v) is 19.8. The Morgan fingerprint density at radius 3 is 2.47 bits per heavy atom. The molecule has 5 N–H and O–H groups in total. The van der Waals surface area contributed by atoms with Gasteiger partial charge >= 0.3 is 5.97 Å². The summed E-state index contributed by atoms with van der Waals surface area (Å²) in [5.74, 6) is -4.17. The number of piperidine rings is 1. The van der Waals surface area contributed by atoms with Crippen molar-refractivity contribution in [2.45, 2.75) is 122 Å². The van der Waals surface area contributed by atoms with Crippen LogP contribution in [0.1, 0.15) is 106 Å². The Hall–Kier alpha value is -6.22. The number of anilines is 3. The molecule has 0 spiro atoms. The fraction of sp³-hybridized carbons (Fsp3) is 0.508. The van der Waals surface area contributed by atoms with Gasteiger partial charge in [-0.25, -0.2) is 23.6 Å². The van der Waals surface area contributed by atoms with Gasteiger partial charge in [0.2, 0.25) is 5.91 Å². The van der Waals surface area contributed by atoms with E-state index in [1.165, 1.54) is 39.4 Å². The minimum Gasteiger partial charge on any atom is -0.464 e. The highest BCUT2D eigenvalue weighted by molar-refractivity contribution is 14.1. The summed E-state index contributed by atoms with van der Waals surface area (Å²) in [6, 6.07) is 13.5. The summed E-state index contributed by atoms with van der Waals surface area (Å²) in [4.78, 5) is 70.5. The zero-order valence-corrected chi connectivity index (χ0v) is 54.0. The number of hydrazine groups is 1. The number of cyclic esters (lactones) is 1. The van der Waals surface area contributed by atoms with Gasteiger partial charge in [0, 0.05) is 101 Å². The topological polar surface area (TPSA) is 199 Å². The van der Waals surface area contributed by atoms with Crippen LogP contribution in [0.25, 0.3) is 33.4 Å². The van der Waals surface area contributed by atoms with Crippen molar-refractivity contribution in [1.29, 1.82) is 0 Å². The molecule has 6 bridgehead atoms. The summed E-state index contributed by atoms with van der Waals surface area (Å²) in [7, 11) is 3.89. The number of β-amino-alcohol motifs (C(OH)–C–C–N with tert-alkyl or cyclic N) is 1. The molecule has 0 radical (unpaired) electrons. The van der Waals surface area contributed by atoms with E-state index >= 15 is 0 Å². The number of likely N-dealkylation sites (tertiary alicyclic amines) is 1. The molecule has 3 amide bonds. The van der Waals surface area contributed by atoms with Crippen LogP contribution in [0.5, 0.6) is 0 Å². The molecule has 470 valence electrons. The molecule has 5 fully saturated rings. The molecule has 12 rings (SSSR count). The minimum absolute atomic E-state index is 0.0690. The van der Waals surface area contributed by atoms with Crippen molar-refractivity contribution in [3.63, 3.8) is 0 Å². The highest BCUT2D eigenvalue weighted by Gasteiger charge is 2.50. The van der Waals surface area contributed by atoms with E-state index in [0.29, 0.717) is 35.3 Å². The van der Waals surface area contributed by atoms with Gasteiger partial charge in [0.1, 0.15) is 23.5 Å². The fourth-order valence-corrected chi connectivity index (χ4v) is 14.1. The van der Waals surface area contributed by atoms with E-state index in [2.05, 4.69) is 87.8 Å². The summed E-state index contributed by atoms with van der Waals surface area (Å²) in [5.41, 5.74) is 9.20. The Morgan fingerprint density at radius 1 is 0.989 bits per heavy atom. The van der Waals surface area contributed by atoms with Crippen molar-refractivity contribution in [3.8, 4) is 22.5 Å². The lowest BCUT2D eigenvalue weighted by molar-refractivity contribution is -0.155. The Morgan fingerprint density at radius 2 is 1.76 bits per heavy atom. The van der Waals surface area contributed by atoms with Crippen LogP contribution in [0, 0.1) is 38.3 Å². The van der Waals surface area contributed by atoms with Crippen LogP contribution in [0.4, 0.5) is 30.2 Å². The number of benzene rings is 3. The molecular formula is C65H79F3IN11O7S. The van der Waals surface area contributed by atoms with Crippen molar-refractivity contribution < 1.29 is 46.9 Å². The minimum atomic E-state index is -1.26. The third kappa shape index (κ3) is 13.5. The van der Waals surface area contributed by atoms with Gasteiger partial charge in [0.25, 0.3) is 11.8 Å². The highest BCUT2D eigenvalue weighted by atomic mass is 127. The van der Waals surface area contributed by atoms with Crippen LogP contribution < -0.4 is 26.3 Å². The number of aromatic nitrogens is 3. The number of likely N-dealkylation sites (N-methyl/N-ethyl adjacent to an activating group) is 1. The molecule has 18 nitrogen and oxygen atoms in total. The van der Waals surface area contributed by atoms with Gasteiger partial charge in [-0.3, -0.25) is 29.2 Å². The number of esters is 1. The van der Waals surface area contributed by atoms with Crippen LogP contribution in [0.3, 0.4) is 0 Å². The van der Waals surface area contributed by atoms with Crippen molar-refractivity contribution >= 4 is 85.6 Å². The van der Waals surface area contributed by atoms with Gasteiger partial charge in [-0.2, -0.15) is 0 Å². The summed E-state index contributed by atoms with van der Waals surface area (Å²) < 4.78 is 57.8. The van der Waals surface area contributed by atoms with E-state index in [-0.39, 0.29) is 73.2 Å². The number of amides is 3. The molecule has 5 unspecified atom stereocenters. The lowest BCUT2D eigenvalue weighted by Crippen LogP contribution is -2.72. The second-order valence-electron chi connectivity index (χ2n) is 25.4. The average molecular weight is 1340 g/mol. The summed E-state index contributed by atoms with van der Waals surface area (Å²) in [6.07, 6.45) is 7.48. The van der Waals surface area contributed by atoms with E-state index in [1.54, 1.807) is 13.2 Å². The van der Waals surface area contributed by atoms with E-state index in [1.807, 2.05) is 48.0 Å². The predicted molar refractivity (Wildman–Crippen MR) is 342 cm³/mol. The Kier molecular flexibility index (Phi) is 18.9. The third-order valence-electron chi connectivity index (χ3n) is 18.2. The van der Waals surface area contributed by atoms with E-state index in [0.717, 1.165) is 126 Å². The lowest BCUT2D eigenvalue weighted by Gasteiger charge is -2.51. The largest absolute Gasteiger partial charge is 0.464 e. The fourth-order valence-electron chi connectivity index (χ4n) is 12.8. The maximum atomic E-state index is 14.6. The standard InChI is InChI=1S/C44H58N8O5S.C21H21F3IN3O2/c1-8-51-37-12-11-28-19-31(37)33(40(51)32-20-29(23-45-39(32)27(3)56-7)50-16-14-49(6)15-17-50)22-44(4,5)25-57-43(55)34-10-9-13-52(48-34)42(54)35(21-38-46-36(28)24-58-38)47-41(53)30-18-26(30)2;22-14-6-5-13(19(18(14)24)27-16-7-4-12(25)9-15(16)23)20(29)28-10-21(30,11-28)17-3-1-2-8-26-17/h11-12,19-20,23-24,26-27,30,34-35,48H,8-10,13-18,21-22,25H2,1-7H3,(H,47,53);4-7,9,17,26-27,30H,1-3,8,10-11H2/t;17-/m.0/s1. The maximum absolute atomic E-state index is 14.6. The number of aliphatic hydroxyl groups is 1. The van der Waals surface area contributed by atoms with Crippen molar-refractivity contribution in [2.24, 2.45) is 17.3 Å². The number of hydrogen-bond acceptors (Lipinski definition) is 15. The summed E-state index contributed by atoms with van der Waals surface area (Å²) in [5, 5.41) is 25.1. The molecule has 1 aliphatic carbocycles. The summed E-state index contributed by atoms with van der Waals surface area (Å²) in [6.45, 7) is 16.7. The van der Waals surface area contributed by atoms with Gasteiger partial charge in [0.05, 0.1) is 76.7 Å². The smallest absolute Gasteiger partial charge is 0.324 e. The second kappa shape index (κ2) is 26.3. The Balaban J connectivity index is 0.000000223. The zero-order valence-electron chi connectivity index (χ0n) is 51.0. The summed E-state index contributed by atoms with van der Waals surface area (Å²) >= 11 is 3.43. The van der Waals surface area contributed by atoms with Crippen LogP contribution in [-0.2, 0) is 43.2 Å². The van der Waals surface area contributed by atoms with Gasteiger partial charge in [-0.1, -0.05) is 33.3 Å². The number of pyridine rings is 1. The first-order valence-electron chi connectivity index (χ1n) is 30.7. The van der Waals surface area contributed by atoms with Crippen molar-refractivity contribution in [2.75, 3.05) is 83.3 Å². The number of nitrogens with one attached hydrogen (secondary N) is 4. The first-order valence-corrected chi connectivity index (χ1v) is 32.6. The van der Waals surface area contributed by atoms with Gasteiger partial charge < -0.3 is 49.8 Å². The SMILES string of the molecule is CCn1c(-c2cc(N3CCN(C)CC3)cnc2C(C)OC)c2c3cc(ccc31)-c1csc(n1)CC(NC(=O)C1CC1C)C(=O)N1CCCC(N1)C(=O)OCC(C)(C)C2.O=C(c1ccc(F)c(F)c1Nc1ccc(I)cc1F)N1CC(O)([C@@H]2CCCCN2)C1. The molecule has 1 saturated carbocycles. The number of fused-ring (bicyclic) bond motifs is 6. The monoisotopic (exact) mass is 1340 g/mol. The number of ether oxygens (including phenoxy) is 2. The quantitative estimate of drug-likeness (QED) is 0.0607. The second-order valence-corrected chi connectivity index (χ2v) is 27.6. The number of aryl methyl sites for hydroxylation is 1. The molecule has 3 aromatic carbocycles. The first-order chi connectivity index (χ1) is 42.1. The molecule has 88 heavy (non-hydrogen) atoms. The molecule has 8 heterocycles. The van der Waals surface area contributed by atoms with Crippen LogP contribution in [0.15, 0.2) is 66.2 Å². The lowest BCUT2D eigenvalue weighted by atomic mass is 9.81. The molecule has 6 atom stereocenters. The number of methoxy groups -OCH3 is 1.